The number of aromatic nitrogens is 3. The molecule has 1 rings (SSSR count). The van der Waals surface area contributed by atoms with Gasteiger partial charge in [0.1, 0.15) is 12.2 Å². The van der Waals surface area contributed by atoms with Gasteiger partial charge < -0.3 is 15.7 Å². The van der Waals surface area contributed by atoms with Gasteiger partial charge in [0.25, 0.3) is 0 Å². The maximum Gasteiger partial charge on any atom is 0.314 e. The summed E-state index contributed by atoms with van der Waals surface area (Å²) in [6.45, 7) is 8.73. The molecule has 0 aliphatic rings. The Morgan fingerprint density at radius 3 is 2.62 bits per heavy atom. The summed E-state index contributed by atoms with van der Waals surface area (Å²) in [6, 6.07) is -0.235. The number of aliphatic hydroxyl groups is 1. The van der Waals surface area contributed by atoms with E-state index in [2.05, 4.69) is 20.7 Å². The number of aliphatic hydroxyl groups excluding tert-OH is 1. The molecular weight excluding hydrogens is 270 g/mol. The van der Waals surface area contributed by atoms with Gasteiger partial charge >= 0.3 is 6.03 Å². The van der Waals surface area contributed by atoms with Gasteiger partial charge in [-0.3, -0.25) is 4.68 Å². The van der Waals surface area contributed by atoms with E-state index in [1.165, 1.54) is 6.33 Å². The van der Waals surface area contributed by atoms with Gasteiger partial charge in [-0.1, -0.05) is 27.7 Å². The van der Waals surface area contributed by atoms with Crippen molar-refractivity contribution >= 4 is 6.03 Å². The third-order valence-corrected chi connectivity index (χ3v) is 3.58. The molecule has 0 unspecified atom stereocenters. The van der Waals surface area contributed by atoms with Crippen LogP contribution in [0.3, 0.4) is 0 Å². The first-order valence-corrected chi connectivity index (χ1v) is 7.26. The molecule has 120 valence electrons. The van der Waals surface area contributed by atoms with Crippen molar-refractivity contribution in [2.75, 3.05) is 13.1 Å². The summed E-state index contributed by atoms with van der Waals surface area (Å²) in [5.41, 5.74) is -0.366. The predicted molar refractivity (Wildman–Crippen MR) is 80.7 cm³/mol. The molecule has 1 atom stereocenters. The molecule has 0 radical (unpaired) electrons. The number of aryl methyl sites for hydroxylation is 1. The van der Waals surface area contributed by atoms with E-state index in [0.29, 0.717) is 19.5 Å². The van der Waals surface area contributed by atoms with E-state index in [1.54, 1.807) is 4.68 Å². The van der Waals surface area contributed by atoms with Crippen LogP contribution in [0, 0.1) is 11.3 Å². The van der Waals surface area contributed by atoms with E-state index in [4.69, 9.17) is 0 Å². The molecule has 3 N–H and O–H groups in total. The summed E-state index contributed by atoms with van der Waals surface area (Å²) in [5, 5.41) is 19.7. The SMILES string of the molecule is CC(C)[C@@H](O)C(C)(C)CNC(=O)NCCc1ncnn1C. The average molecular weight is 297 g/mol. The molecule has 0 bridgehead atoms. The first-order chi connectivity index (χ1) is 9.74. The van der Waals surface area contributed by atoms with E-state index < -0.39 is 6.10 Å². The second-order valence-electron chi connectivity index (χ2n) is 6.34. The van der Waals surface area contributed by atoms with Crippen molar-refractivity contribution in [3.63, 3.8) is 0 Å². The largest absolute Gasteiger partial charge is 0.392 e. The monoisotopic (exact) mass is 297 g/mol. The molecule has 2 amide bonds. The summed E-state index contributed by atoms with van der Waals surface area (Å²) >= 11 is 0. The van der Waals surface area contributed by atoms with Crippen LogP contribution in [0.25, 0.3) is 0 Å². The van der Waals surface area contributed by atoms with Gasteiger partial charge in [-0.15, -0.1) is 0 Å². The van der Waals surface area contributed by atoms with Crippen LogP contribution in [-0.4, -0.2) is 45.1 Å². The highest BCUT2D eigenvalue weighted by Crippen LogP contribution is 2.24. The Kier molecular flexibility index (Phi) is 6.14. The highest BCUT2D eigenvalue weighted by molar-refractivity contribution is 5.73. The quantitative estimate of drug-likeness (QED) is 0.691. The molecule has 0 spiro atoms. The van der Waals surface area contributed by atoms with Gasteiger partial charge in [-0.05, 0) is 5.92 Å². The van der Waals surface area contributed by atoms with Crippen LogP contribution < -0.4 is 10.6 Å². The fourth-order valence-corrected chi connectivity index (χ4v) is 2.21. The topological polar surface area (TPSA) is 92.1 Å². The number of hydrogen-bond acceptors (Lipinski definition) is 4. The Morgan fingerprint density at radius 2 is 2.10 bits per heavy atom. The van der Waals surface area contributed by atoms with E-state index in [1.807, 2.05) is 34.7 Å². The Labute approximate surface area is 126 Å². The van der Waals surface area contributed by atoms with Crippen LogP contribution in [0.1, 0.15) is 33.5 Å². The lowest BCUT2D eigenvalue weighted by Crippen LogP contribution is -2.46. The molecule has 0 saturated heterocycles. The minimum absolute atomic E-state index is 0.153. The molecule has 0 aromatic carbocycles. The lowest BCUT2D eigenvalue weighted by Gasteiger charge is -2.33. The molecule has 7 heteroatoms. The number of hydrogen-bond donors (Lipinski definition) is 3. The molecule has 0 fully saturated rings. The third kappa shape index (κ3) is 5.34. The van der Waals surface area contributed by atoms with Crippen LogP contribution in [0.2, 0.25) is 0 Å². The van der Waals surface area contributed by atoms with Gasteiger partial charge in [-0.2, -0.15) is 5.10 Å². The van der Waals surface area contributed by atoms with E-state index in [-0.39, 0.29) is 17.4 Å². The fraction of sp³-hybridized carbons (Fsp3) is 0.786. The number of rotatable bonds is 7. The maximum absolute atomic E-state index is 11.7. The highest BCUT2D eigenvalue weighted by atomic mass is 16.3. The fourth-order valence-electron chi connectivity index (χ4n) is 2.21. The van der Waals surface area contributed by atoms with E-state index in [9.17, 15) is 9.90 Å². The third-order valence-electron chi connectivity index (χ3n) is 3.58. The number of carbonyl (C=O) groups is 1. The Morgan fingerprint density at radius 1 is 1.43 bits per heavy atom. The van der Waals surface area contributed by atoms with Gasteiger partial charge in [0.15, 0.2) is 0 Å². The van der Waals surface area contributed by atoms with Crippen LogP contribution in [-0.2, 0) is 13.5 Å². The first-order valence-electron chi connectivity index (χ1n) is 7.26. The van der Waals surface area contributed by atoms with Gasteiger partial charge in [0, 0.05) is 32.0 Å². The lowest BCUT2D eigenvalue weighted by molar-refractivity contribution is 0.0151. The Hall–Kier alpha value is -1.63. The Balaban J connectivity index is 2.29. The minimum atomic E-state index is -0.462. The molecule has 1 aromatic rings. The minimum Gasteiger partial charge on any atom is -0.392 e. The number of nitrogens with zero attached hydrogens (tertiary/aromatic N) is 3. The molecule has 1 aromatic heterocycles. The van der Waals surface area contributed by atoms with Crippen LogP contribution >= 0.6 is 0 Å². The zero-order valence-corrected chi connectivity index (χ0v) is 13.6. The second-order valence-corrected chi connectivity index (χ2v) is 6.34. The smallest absolute Gasteiger partial charge is 0.314 e. The van der Waals surface area contributed by atoms with Gasteiger partial charge in [0.05, 0.1) is 6.10 Å². The van der Waals surface area contributed by atoms with Crippen molar-refractivity contribution in [2.45, 2.75) is 40.2 Å². The second kappa shape index (κ2) is 7.40. The number of nitrogens with one attached hydrogen (secondary N) is 2. The van der Waals surface area contributed by atoms with Crippen molar-refractivity contribution in [1.29, 1.82) is 0 Å². The lowest BCUT2D eigenvalue weighted by atomic mass is 9.81. The average Bonchev–Trinajstić information content (AvgIpc) is 2.81. The molecule has 0 saturated carbocycles. The first kappa shape index (κ1) is 17.4. The highest BCUT2D eigenvalue weighted by Gasteiger charge is 2.30. The van der Waals surface area contributed by atoms with Crippen molar-refractivity contribution in [3.05, 3.63) is 12.2 Å². The van der Waals surface area contributed by atoms with Crippen molar-refractivity contribution in [3.8, 4) is 0 Å². The van der Waals surface area contributed by atoms with E-state index in [0.717, 1.165) is 5.82 Å². The standard InChI is InChI=1S/C14H27N5O2/c1-10(2)12(20)14(3,4)8-16-13(21)15-7-6-11-17-9-18-19(11)5/h9-10,12,20H,6-8H2,1-5H3,(H2,15,16,21)/t12-/m1/s1. The Bertz CT molecular complexity index is 456. The van der Waals surface area contributed by atoms with Crippen molar-refractivity contribution < 1.29 is 9.90 Å². The summed E-state index contributed by atoms with van der Waals surface area (Å²) in [6.07, 6.45) is 1.66. The summed E-state index contributed by atoms with van der Waals surface area (Å²) in [7, 11) is 1.82. The van der Waals surface area contributed by atoms with Crippen LogP contribution in [0.5, 0.6) is 0 Å². The van der Waals surface area contributed by atoms with E-state index >= 15 is 0 Å². The van der Waals surface area contributed by atoms with Crippen LogP contribution in [0.15, 0.2) is 6.33 Å². The zero-order valence-electron chi connectivity index (χ0n) is 13.6. The normalized spacial score (nSPS) is 13.3. The molecule has 7 nitrogen and oxygen atoms in total. The summed E-state index contributed by atoms with van der Waals surface area (Å²) < 4.78 is 1.68. The van der Waals surface area contributed by atoms with Crippen molar-refractivity contribution in [1.82, 2.24) is 25.4 Å². The molecule has 21 heavy (non-hydrogen) atoms. The predicted octanol–water partition coefficient (Wildman–Crippen LogP) is 0.700. The zero-order chi connectivity index (χ0) is 16.0. The molecule has 1 heterocycles. The summed E-state index contributed by atoms with van der Waals surface area (Å²) in [5.74, 6) is 0.978. The van der Waals surface area contributed by atoms with Gasteiger partial charge in [-0.25, -0.2) is 9.78 Å². The van der Waals surface area contributed by atoms with Crippen LogP contribution in [0.4, 0.5) is 4.79 Å². The van der Waals surface area contributed by atoms with Crippen molar-refractivity contribution in [2.24, 2.45) is 18.4 Å². The molecular formula is C14H27N5O2. The number of urea groups is 1. The maximum atomic E-state index is 11.7. The van der Waals surface area contributed by atoms with Gasteiger partial charge in [0.2, 0.25) is 0 Å². The number of amides is 2. The molecule has 0 aliphatic heterocycles. The molecule has 0 aliphatic carbocycles. The summed E-state index contributed by atoms with van der Waals surface area (Å²) in [4.78, 5) is 15.8. The number of carbonyl (C=O) groups excluding carboxylic acids is 1.